The minimum atomic E-state index is -0.735. The molecule has 1 N–H and O–H groups in total. The van der Waals surface area contributed by atoms with Crippen LogP contribution in [0.1, 0.15) is 25.7 Å². The summed E-state index contributed by atoms with van der Waals surface area (Å²) in [5.41, 5.74) is 0. The monoisotopic (exact) mass is 138 g/mol. The molecule has 1 atom stereocenters. The van der Waals surface area contributed by atoms with Gasteiger partial charge in [0.1, 0.15) is 0 Å². The lowest BCUT2D eigenvalue weighted by atomic mass is 9.95. The molecule has 54 valence electrons. The Labute approximate surface area is 60.2 Å². The quantitative estimate of drug-likeness (QED) is 0.583. The fourth-order valence-electron chi connectivity index (χ4n) is 1.09. The van der Waals surface area contributed by atoms with E-state index in [4.69, 9.17) is 5.11 Å². The molecular weight excluding hydrogens is 128 g/mol. The Hall–Kier alpha value is -0.970. The van der Waals surface area contributed by atoms with Crippen LogP contribution in [0.15, 0.2) is 0 Å². The van der Waals surface area contributed by atoms with Crippen LogP contribution in [0.5, 0.6) is 0 Å². The van der Waals surface area contributed by atoms with Gasteiger partial charge >= 0.3 is 5.97 Å². The van der Waals surface area contributed by atoms with Crippen LogP contribution in [0.4, 0.5) is 0 Å². The van der Waals surface area contributed by atoms with Crippen LogP contribution in [-0.4, -0.2) is 11.1 Å². The maximum atomic E-state index is 10.2. The fraction of sp³-hybridized carbons (Fsp3) is 0.625. The van der Waals surface area contributed by atoms with Gasteiger partial charge in [0.15, 0.2) is 0 Å². The molecule has 1 rings (SSSR count). The zero-order valence-electron chi connectivity index (χ0n) is 5.76. The Bertz CT molecular complexity index is 185. The van der Waals surface area contributed by atoms with Crippen molar-refractivity contribution in [1.29, 1.82) is 0 Å². The van der Waals surface area contributed by atoms with Crippen molar-refractivity contribution in [2.75, 3.05) is 0 Å². The second-order valence-electron chi connectivity index (χ2n) is 2.51. The van der Waals surface area contributed by atoms with Crippen LogP contribution < -0.4 is 0 Å². The van der Waals surface area contributed by atoms with Crippen LogP contribution in [0, 0.1) is 17.8 Å². The van der Waals surface area contributed by atoms with E-state index >= 15 is 0 Å². The lowest BCUT2D eigenvalue weighted by molar-refractivity contribution is -0.137. The first-order valence-electron chi connectivity index (χ1n) is 3.49. The minimum Gasteiger partial charge on any atom is -0.481 e. The first-order chi connectivity index (χ1) is 4.79. The molecule has 10 heavy (non-hydrogen) atoms. The van der Waals surface area contributed by atoms with Gasteiger partial charge in [0.05, 0.1) is 6.42 Å². The van der Waals surface area contributed by atoms with E-state index in [9.17, 15) is 4.79 Å². The molecule has 0 heterocycles. The third kappa shape index (κ3) is 2.10. The molecule has 0 amide bonds. The maximum Gasteiger partial charge on any atom is 0.304 e. The van der Waals surface area contributed by atoms with Crippen LogP contribution in [0.25, 0.3) is 0 Å². The molecule has 0 bridgehead atoms. The molecule has 1 aliphatic rings. The maximum absolute atomic E-state index is 10.2. The molecule has 0 fully saturated rings. The zero-order valence-corrected chi connectivity index (χ0v) is 5.76. The summed E-state index contributed by atoms with van der Waals surface area (Å²) >= 11 is 0. The Morgan fingerprint density at radius 1 is 1.70 bits per heavy atom. The molecule has 0 aliphatic heterocycles. The van der Waals surface area contributed by atoms with E-state index in [-0.39, 0.29) is 12.3 Å². The number of carbonyl (C=O) groups is 1. The summed E-state index contributed by atoms with van der Waals surface area (Å²) < 4.78 is 0. The molecule has 0 radical (unpaired) electrons. The summed E-state index contributed by atoms with van der Waals surface area (Å²) in [6.45, 7) is 0. The summed E-state index contributed by atoms with van der Waals surface area (Å²) in [4.78, 5) is 10.2. The number of hydrogen-bond acceptors (Lipinski definition) is 1. The smallest absolute Gasteiger partial charge is 0.304 e. The lowest BCUT2D eigenvalue weighted by Crippen LogP contribution is -2.07. The molecule has 0 aromatic heterocycles. The second kappa shape index (κ2) is 3.26. The highest BCUT2D eigenvalue weighted by Crippen LogP contribution is 2.14. The van der Waals surface area contributed by atoms with Crippen LogP contribution in [0.3, 0.4) is 0 Å². The normalized spacial score (nSPS) is 23.0. The molecular formula is C8H10O2. The van der Waals surface area contributed by atoms with Crippen molar-refractivity contribution in [3.05, 3.63) is 0 Å². The number of rotatable bonds is 2. The summed E-state index contributed by atoms with van der Waals surface area (Å²) in [6.07, 6.45) is 3.17. The van der Waals surface area contributed by atoms with Gasteiger partial charge in [-0.1, -0.05) is 5.92 Å². The van der Waals surface area contributed by atoms with Gasteiger partial charge in [-0.2, -0.15) is 0 Å². The largest absolute Gasteiger partial charge is 0.481 e. The fourth-order valence-corrected chi connectivity index (χ4v) is 1.09. The van der Waals surface area contributed by atoms with Crippen LogP contribution in [0.2, 0.25) is 0 Å². The Kier molecular flexibility index (Phi) is 2.33. The van der Waals surface area contributed by atoms with Gasteiger partial charge in [-0.05, 0) is 12.8 Å². The standard InChI is InChI=1S/C8H10O2/c9-8(10)6-7-4-2-1-3-5-7/h7H,1-2,4,6H2,(H,9,10). The molecule has 0 saturated carbocycles. The predicted molar refractivity (Wildman–Crippen MR) is 37.4 cm³/mol. The Morgan fingerprint density at radius 3 is 3.00 bits per heavy atom. The summed E-state index contributed by atoms with van der Waals surface area (Å²) in [5, 5.41) is 8.40. The molecule has 1 unspecified atom stereocenters. The topological polar surface area (TPSA) is 37.3 Å². The van der Waals surface area contributed by atoms with E-state index in [1.807, 2.05) is 0 Å². The molecule has 1 aliphatic carbocycles. The van der Waals surface area contributed by atoms with Gasteiger partial charge in [0, 0.05) is 12.3 Å². The third-order valence-electron chi connectivity index (χ3n) is 1.58. The molecule has 2 nitrogen and oxygen atoms in total. The highest BCUT2D eigenvalue weighted by atomic mass is 16.4. The van der Waals surface area contributed by atoms with Crippen LogP contribution >= 0.6 is 0 Å². The van der Waals surface area contributed by atoms with Crippen molar-refractivity contribution < 1.29 is 9.90 Å². The molecule has 0 saturated heterocycles. The van der Waals surface area contributed by atoms with E-state index in [1.165, 1.54) is 0 Å². The first kappa shape index (κ1) is 7.14. The summed E-state index contributed by atoms with van der Waals surface area (Å²) in [6, 6.07) is 0. The Morgan fingerprint density at radius 2 is 2.50 bits per heavy atom. The number of carboxylic acids is 1. The summed E-state index contributed by atoms with van der Waals surface area (Å²) in [7, 11) is 0. The van der Waals surface area contributed by atoms with Crippen molar-refractivity contribution in [1.82, 2.24) is 0 Å². The van der Waals surface area contributed by atoms with Gasteiger partial charge < -0.3 is 5.11 Å². The van der Waals surface area contributed by atoms with Crippen molar-refractivity contribution in [2.24, 2.45) is 5.92 Å². The number of aliphatic carboxylic acids is 1. The highest BCUT2D eigenvalue weighted by Gasteiger charge is 2.11. The van der Waals surface area contributed by atoms with Crippen molar-refractivity contribution in [3.63, 3.8) is 0 Å². The third-order valence-corrected chi connectivity index (χ3v) is 1.58. The molecule has 2 heteroatoms. The SMILES string of the molecule is O=C(O)CC1C#CCCC1. The second-order valence-corrected chi connectivity index (χ2v) is 2.51. The lowest BCUT2D eigenvalue weighted by Gasteiger charge is -2.09. The zero-order chi connectivity index (χ0) is 7.40. The van der Waals surface area contributed by atoms with Gasteiger partial charge in [-0.15, -0.1) is 5.92 Å². The van der Waals surface area contributed by atoms with E-state index < -0.39 is 5.97 Å². The number of hydrogen-bond donors (Lipinski definition) is 1. The average Bonchev–Trinajstić information content (AvgIpc) is 1.88. The van der Waals surface area contributed by atoms with E-state index in [0.717, 1.165) is 19.3 Å². The Balaban J connectivity index is 2.38. The van der Waals surface area contributed by atoms with E-state index in [2.05, 4.69) is 11.8 Å². The van der Waals surface area contributed by atoms with Crippen molar-refractivity contribution in [2.45, 2.75) is 25.7 Å². The van der Waals surface area contributed by atoms with Gasteiger partial charge in [-0.25, -0.2) is 0 Å². The molecule has 0 aromatic rings. The average molecular weight is 138 g/mol. The molecule has 0 aromatic carbocycles. The van der Waals surface area contributed by atoms with E-state index in [0.29, 0.717) is 0 Å². The summed E-state index contributed by atoms with van der Waals surface area (Å²) in [5.74, 6) is 5.23. The van der Waals surface area contributed by atoms with E-state index in [1.54, 1.807) is 0 Å². The van der Waals surface area contributed by atoms with Crippen LogP contribution in [-0.2, 0) is 4.79 Å². The van der Waals surface area contributed by atoms with Gasteiger partial charge in [0.2, 0.25) is 0 Å². The number of carboxylic acid groups (broad SMARTS) is 1. The molecule has 0 spiro atoms. The predicted octanol–water partition coefficient (Wildman–Crippen LogP) is 1.26. The van der Waals surface area contributed by atoms with Crippen molar-refractivity contribution in [3.8, 4) is 11.8 Å². The van der Waals surface area contributed by atoms with Gasteiger partial charge in [0.25, 0.3) is 0 Å². The van der Waals surface area contributed by atoms with Gasteiger partial charge in [-0.3, -0.25) is 4.79 Å². The minimum absolute atomic E-state index is 0.117. The highest BCUT2D eigenvalue weighted by molar-refractivity contribution is 5.67. The first-order valence-corrected chi connectivity index (χ1v) is 3.49. The van der Waals surface area contributed by atoms with Crippen molar-refractivity contribution >= 4 is 5.97 Å².